The van der Waals surface area contributed by atoms with Gasteiger partial charge >= 0.3 is 0 Å². The summed E-state index contributed by atoms with van der Waals surface area (Å²) in [6.45, 7) is 7.35. The van der Waals surface area contributed by atoms with Crippen molar-refractivity contribution in [3.63, 3.8) is 0 Å². The van der Waals surface area contributed by atoms with Crippen LogP contribution in [0.2, 0.25) is 0 Å². The number of ether oxygens (including phenoxy) is 1. The second-order valence-electron chi connectivity index (χ2n) is 5.68. The molecule has 1 aliphatic rings. The molecule has 2 aromatic rings. The summed E-state index contributed by atoms with van der Waals surface area (Å²) in [4.78, 5) is 17.6. The number of hydrogen-bond donors (Lipinski definition) is 1. The van der Waals surface area contributed by atoms with Crippen molar-refractivity contribution in [1.29, 1.82) is 0 Å². The van der Waals surface area contributed by atoms with Gasteiger partial charge in [0.05, 0.1) is 7.11 Å². The van der Waals surface area contributed by atoms with Gasteiger partial charge in [0.15, 0.2) is 11.6 Å². The molecule has 0 spiro atoms. The zero-order valence-electron chi connectivity index (χ0n) is 13.8. The van der Waals surface area contributed by atoms with Gasteiger partial charge in [-0.15, -0.1) is 0 Å². The van der Waals surface area contributed by atoms with Crippen LogP contribution in [0.4, 0.5) is 17.6 Å². The van der Waals surface area contributed by atoms with Crippen LogP contribution < -0.4 is 20.3 Å². The van der Waals surface area contributed by atoms with Gasteiger partial charge in [0.2, 0.25) is 5.95 Å². The first kappa shape index (κ1) is 15.3. The molecule has 2 N–H and O–H groups in total. The highest BCUT2D eigenvalue weighted by atomic mass is 16.5. The second kappa shape index (κ2) is 6.28. The summed E-state index contributed by atoms with van der Waals surface area (Å²) in [6.07, 6.45) is 0. The lowest BCUT2D eigenvalue weighted by molar-refractivity contribution is 0.411. The Labute approximate surface area is 136 Å². The van der Waals surface area contributed by atoms with Crippen molar-refractivity contribution in [3.05, 3.63) is 29.6 Å². The average Bonchev–Trinajstić information content (AvgIpc) is 2.54. The van der Waals surface area contributed by atoms with Gasteiger partial charge in [-0.3, -0.25) is 0 Å². The van der Waals surface area contributed by atoms with Crippen molar-refractivity contribution in [2.75, 3.05) is 48.8 Å². The van der Waals surface area contributed by atoms with Gasteiger partial charge in [-0.1, -0.05) is 0 Å². The van der Waals surface area contributed by atoms with E-state index in [4.69, 9.17) is 10.5 Å². The molecule has 3 rings (SSSR count). The van der Waals surface area contributed by atoms with E-state index in [1.807, 2.05) is 32.0 Å². The molecule has 2 aromatic heterocycles. The number of methoxy groups -OCH3 is 1. The number of rotatable bonds is 3. The molecule has 0 aliphatic carbocycles. The summed E-state index contributed by atoms with van der Waals surface area (Å²) in [6, 6.07) is 5.90. The third-order valence-electron chi connectivity index (χ3n) is 3.96. The van der Waals surface area contributed by atoms with E-state index in [9.17, 15) is 0 Å². The van der Waals surface area contributed by atoms with E-state index in [1.54, 1.807) is 7.11 Å². The highest BCUT2D eigenvalue weighted by Gasteiger charge is 2.22. The SMILES string of the molecule is COc1ccc(C)nc1N1CCN(c2cc(C)nc(N)n2)CC1. The molecule has 1 fully saturated rings. The van der Waals surface area contributed by atoms with Gasteiger partial charge in [-0.25, -0.2) is 9.97 Å². The van der Waals surface area contributed by atoms with Gasteiger partial charge in [-0.2, -0.15) is 4.98 Å². The Hall–Kier alpha value is -2.57. The standard InChI is InChI=1S/C16H22N6O/c1-11-4-5-13(23-3)15(18-11)22-8-6-21(7-9-22)14-10-12(2)19-16(17)20-14/h4-5,10H,6-9H2,1-3H3,(H2,17,19,20). The smallest absolute Gasteiger partial charge is 0.222 e. The highest BCUT2D eigenvalue weighted by Crippen LogP contribution is 2.27. The van der Waals surface area contributed by atoms with E-state index in [-0.39, 0.29) is 0 Å². The minimum Gasteiger partial charge on any atom is -0.493 e. The van der Waals surface area contributed by atoms with Crippen LogP contribution in [-0.2, 0) is 0 Å². The molecule has 0 bridgehead atoms. The number of nitrogens with zero attached hydrogens (tertiary/aromatic N) is 5. The van der Waals surface area contributed by atoms with Crippen molar-refractivity contribution in [2.45, 2.75) is 13.8 Å². The summed E-state index contributed by atoms with van der Waals surface area (Å²) in [5.41, 5.74) is 7.63. The van der Waals surface area contributed by atoms with E-state index < -0.39 is 0 Å². The van der Waals surface area contributed by atoms with Crippen LogP contribution >= 0.6 is 0 Å². The van der Waals surface area contributed by atoms with Crippen LogP contribution in [0.25, 0.3) is 0 Å². The van der Waals surface area contributed by atoms with E-state index in [0.29, 0.717) is 5.95 Å². The number of nitrogens with two attached hydrogens (primary N) is 1. The molecule has 0 aromatic carbocycles. The Morgan fingerprint density at radius 1 is 0.957 bits per heavy atom. The predicted octanol–water partition coefficient (Wildman–Crippen LogP) is 1.41. The lowest BCUT2D eigenvalue weighted by Gasteiger charge is -2.36. The first-order valence-electron chi connectivity index (χ1n) is 7.69. The molecule has 3 heterocycles. The van der Waals surface area contributed by atoms with E-state index in [2.05, 4.69) is 24.8 Å². The molecule has 122 valence electrons. The zero-order chi connectivity index (χ0) is 16.4. The van der Waals surface area contributed by atoms with E-state index >= 15 is 0 Å². The fraction of sp³-hybridized carbons (Fsp3) is 0.438. The Morgan fingerprint density at radius 2 is 1.65 bits per heavy atom. The molecule has 1 saturated heterocycles. The Kier molecular flexibility index (Phi) is 4.18. The molecule has 0 unspecified atom stereocenters. The van der Waals surface area contributed by atoms with Gasteiger partial charge in [0.25, 0.3) is 0 Å². The fourth-order valence-electron chi connectivity index (χ4n) is 2.80. The number of nitrogen functional groups attached to an aromatic ring is 1. The van der Waals surface area contributed by atoms with Gasteiger partial charge in [-0.05, 0) is 26.0 Å². The maximum atomic E-state index is 5.75. The van der Waals surface area contributed by atoms with Gasteiger partial charge < -0.3 is 20.3 Å². The normalized spacial score (nSPS) is 14.9. The zero-order valence-corrected chi connectivity index (χ0v) is 13.8. The van der Waals surface area contributed by atoms with Crippen LogP contribution in [0.15, 0.2) is 18.2 Å². The maximum absolute atomic E-state index is 5.75. The Bertz CT molecular complexity index is 677. The monoisotopic (exact) mass is 314 g/mol. The van der Waals surface area contributed by atoms with Gasteiger partial charge in [0, 0.05) is 43.6 Å². The predicted molar refractivity (Wildman–Crippen MR) is 91.1 cm³/mol. The molecule has 1 aliphatic heterocycles. The molecule has 0 saturated carbocycles. The molecular weight excluding hydrogens is 292 g/mol. The summed E-state index contributed by atoms with van der Waals surface area (Å²) in [5, 5.41) is 0. The molecule has 0 radical (unpaired) electrons. The number of aromatic nitrogens is 3. The number of piperazine rings is 1. The lowest BCUT2D eigenvalue weighted by atomic mass is 10.2. The third-order valence-corrected chi connectivity index (χ3v) is 3.96. The molecule has 7 heteroatoms. The first-order valence-corrected chi connectivity index (χ1v) is 7.69. The molecule has 7 nitrogen and oxygen atoms in total. The number of pyridine rings is 1. The van der Waals surface area contributed by atoms with Crippen molar-refractivity contribution in [3.8, 4) is 5.75 Å². The van der Waals surface area contributed by atoms with Crippen LogP contribution in [0, 0.1) is 13.8 Å². The lowest BCUT2D eigenvalue weighted by Crippen LogP contribution is -2.47. The molecule has 23 heavy (non-hydrogen) atoms. The Balaban J connectivity index is 1.75. The first-order chi connectivity index (χ1) is 11.1. The maximum Gasteiger partial charge on any atom is 0.222 e. The van der Waals surface area contributed by atoms with Crippen molar-refractivity contribution in [1.82, 2.24) is 15.0 Å². The number of aryl methyl sites for hydroxylation is 2. The number of anilines is 3. The minimum atomic E-state index is 0.324. The Morgan fingerprint density at radius 3 is 2.30 bits per heavy atom. The summed E-state index contributed by atoms with van der Waals surface area (Å²) in [5.74, 6) is 2.93. The summed E-state index contributed by atoms with van der Waals surface area (Å²) in [7, 11) is 1.68. The largest absolute Gasteiger partial charge is 0.493 e. The highest BCUT2D eigenvalue weighted by molar-refractivity contribution is 5.55. The van der Waals surface area contributed by atoms with Crippen LogP contribution in [-0.4, -0.2) is 48.2 Å². The quantitative estimate of drug-likeness (QED) is 0.917. The van der Waals surface area contributed by atoms with E-state index in [1.165, 1.54) is 0 Å². The molecular formula is C16H22N6O. The second-order valence-corrected chi connectivity index (χ2v) is 5.68. The molecule has 0 atom stereocenters. The van der Waals surface area contributed by atoms with Crippen molar-refractivity contribution < 1.29 is 4.74 Å². The van der Waals surface area contributed by atoms with Crippen molar-refractivity contribution in [2.24, 2.45) is 0 Å². The summed E-state index contributed by atoms with van der Waals surface area (Å²) < 4.78 is 5.44. The molecule has 0 amide bonds. The van der Waals surface area contributed by atoms with Gasteiger partial charge in [0.1, 0.15) is 5.82 Å². The average molecular weight is 314 g/mol. The van der Waals surface area contributed by atoms with Crippen LogP contribution in [0.1, 0.15) is 11.4 Å². The van der Waals surface area contributed by atoms with Crippen LogP contribution in [0.5, 0.6) is 5.75 Å². The fourth-order valence-corrected chi connectivity index (χ4v) is 2.80. The topological polar surface area (TPSA) is 80.4 Å². The van der Waals surface area contributed by atoms with Crippen molar-refractivity contribution >= 4 is 17.6 Å². The minimum absolute atomic E-state index is 0.324. The third kappa shape index (κ3) is 3.28. The number of hydrogen-bond acceptors (Lipinski definition) is 7. The van der Waals surface area contributed by atoms with Crippen LogP contribution in [0.3, 0.4) is 0 Å². The van der Waals surface area contributed by atoms with E-state index in [0.717, 1.165) is 55.0 Å². The summed E-state index contributed by atoms with van der Waals surface area (Å²) >= 11 is 0.